The van der Waals surface area contributed by atoms with Crippen LogP contribution in [0.2, 0.25) is 0 Å². The summed E-state index contributed by atoms with van der Waals surface area (Å²) in [4.78, 5) is 52.4. The Morgan fingerprint density at radius 1 is 0.667 bits per heavy atom. The molecule has 1 aliphatic rings. The summed E-state index contributed by atoms with van der Waals surface area (Å²) >= 11 is 0. The van der Waals surface area contributed by atoms with Crippen LogP contribution in [-0.2, 0) is 9.59 Å². The third kappa shape index (κ3) is 4.29. The van der Waals surface area contributed by atoms with Crippen molar-refractivity contribution in [2.75, 3.05) is 4.90 Å². The number of hydrogen-bond acceptors (Lipinski definition) is 6. The summed E-state index contributed by atoms with van der Waals surface area (Å²) in [6, 6.07) is 18.3. The van der Waals surface area contributed by atoms with E-state index in [1.807, 2.05) is 0 Å². The highest BCUT2D eigenvalue weighted by atomic mass is 16.5. The molecule has 2 amide bonds. The lowest BCUT2D eigenvalue weighted by atomic mass is 9.95. The van der Waals surface area contributed by atoms with Crippen LogP contribution in [0.25, 0.3) is 0 Å². The van der Waals surface area contributed by atoms with Crippen molar-refractivity contribution in [2.24, 2.45) is 0 Å². The Labute approximate surface area is 189 Å². The second kappa shape index (κ2) is 8.92. The lowest BCUT2D eigenvalue weighted by molar-refractivity contribution is -0.119. The zero-order chi connectivity index (χ0) is 23.5. The van der Waals surface area contributed by atoms with Crippen LogP contribution in [0.4, 0.5) is 5.69 Å². The van der Waals surface area contributed by atoms with Crippen molar-refractivity contribution in [3.63, 3.8) is 0 Å². The van der Waals surface area contributed by atoms with Gasteiger partial charge in [0.1, 0.15) is 11.5 Å². The highest BCUT2D eigenvalue weighted by molar-refractivity contribution is 6.31. The minimum Gasteiger partial charge on any atom is -0.423 e. The Bertz CT molecular complexity index is 1200. The van der Waals surface area contributed by atoms with E-state index in [-0.39, 0.29) is 28.3 Å². The first-order valence-corrected chi connectivity index (χ1v) is 10.1. The van der Waals surface area contributed by atoms with E-state index < -0.39 is 23.8 Å². The van der Waals surface area contributed by atoms with Crippen molar-refractivity contribution >= 4 is 29.4 Å². The maximum atomic E-state index is 13.2. The van der Waals surface area contributed by atoms with E-state index in [0.29, 0.717) is 11.1 Å². The zero-order valence-electron chi connectivity index (χ0n) is 17.9. The van der Waals surface area contributed by atoms with Crippen LogP contribution < -0.4 is 14.4 Å². The van der Waals surface area contributed by atoms with E-state index >= 15 is 0 Å². The van der Waals surface area contributed by atoms with Crippen LogP contribution in [0.3, 0.4) is 0 Å². The van der Waals surface area contributed by atoms with Crippen LogP contribution in [0.1, 0.15) is 31.8 Å². The topological polar surface area (TPSA) is 90.0 Å². The number of hydrogen-bond donors (Lipinski definition) is 0. The Kier molecular flexibility index (Phi) is 5.87. The molecule has 0 N–H and O–H groups in total. The Balaban J connectivity index is 1.87. The van der Waals surface area contributed by atoms with Crippen LogP contribution in [-0.4, -0.2) is 23.8 Å². The number of benzene rings is 3. The number of rotatable bonds is 5. The summed E-state index contributed by atoms with van der Waals surface area (Å²) in [5, 5.41) is 0. The normalized spacial score (nSPS) is 12.7. The molecule has 7 heteroatoms. The molecule has 0 unspecified atom stereocenters. The van der Waals surface area contributed by atoms with Gasteiger partial charge in [-0.25, -0.2) is 14.5 Å². The van der Waals surface area contributed by atoms with Crippen LogP contribution in [0.5, 0.6) is 11.5 Å². The Hall–Kier alpha value is -4.52. The summed E-state index contributed by atoms with van der Waals surface area (Å²) in [7, 11) is 0. The van der Waals surface area contributed by atoms with Crippen LogP contribution in [0, 0.1) is 13.8 Å². The monoisotopic (exact) mass is 441 g/mol. The van der Waals surface area contributed by atoms with Gasteiger partial charge < -0.3 is 9.47 Å². The quantitative estimate of drug-likeness (QED) is 0.335. The molecule has 0 radical (unpaired) electrons. The first-order valence-electron chi connectivity index (χ1n) is 10.1. The number of nitrogens with zero attached hydrogens (tertiary/aromatic N) is 1. The van der Waals surface area contributed by atoms with Gasteiger partial charge in [-0.1, -0.05) is 42.5 Å². The molecule has 3 aromatic carbocycles. The molecular formula is C26H19NO6. The molecule has 33 heavy (non-hydrogen) atoms. The second-order valence-electron chi connectivity index (χ2n) is 7.36. The second-order valence-corrected chi connectivity index (χ2v) is 7.36. The van der Waals surface area contributed by atoms with Gasteiger partial charge in [0.15, 0.2) is 0 Å². The molecule has 0 atom stereocenters. The maximum absolute atomic E-state index is 13.2. The smallest absolute Gasteiger partial charge is 0.345 e. The molecule has 3 aromatic rings. The minimum atomic E-state index is -0.810. The molecule has 4 rings (SSSR count). The number of carbonyl (C=O) groups excluding carboxylic acids is 4. The third-order valence-corrected chi connectivity index (χ3v) is 5.04. The fourth-order valence-corrected chi connectivity index (χ4v) is 3.62. The molecular weight excluding hydrogens is 422 g/mol. The van der Waals surface area contributed by atoms with Gasteiger partial charge in [0.25, 0.3) is 11.8 Å². The molecule has 0 aliphatic carbocycles. The molecule has 0 aromatic heterocycles. The predicted molar refractivity (Wildman–Crippen MR) is 120 cm³/mol. The summed E-state index contributed by atoms with van der Waals surface area (Å²) in [5.74, 6) is -2.41. The van der Waals surface area contributed by atoms with Gasteiger partial charge >= 0.3 is 11.9 Å². The number of carbonyl (C=O) groups is 4. The Morgan fingerprint density at radius 2 is 1.06 bits per heavy atom. The summed E-state index contributed by atoms with van der Waals surface area (Å²) < 4.78 is 11.0. The van der Waals surface area contributed by atoms with Crippen molar-refractivity contribution in [3.8, 4) is 11.5 Å². The Morgan fingerprint density at radius 3 is 1.45 bits per heavy atom. The molecule has 7 nitrogen and oxygen atoms in total. The maximum Gasteiger partial charge on any atom is 0.345 e. The number of para-hydroxylation sites is 2. The van der Waals surface area contributed by atoms with Gasteiger partial charge in [-0.2, -0.15) is 0 Å². The van der Waals surface area contributed by atoms with E-state index in [1.165, 1.54) is 0 Å². The fourth-order valence-electron chi connectivity index (χ4n) is 3.62. The van der Waals surface area contributed by atoms with Gasteiger partial charge in [-0.3, -0.25) is 9.59 Å². The van der Waals surface area contributed by atoms with Crippen LogP contribution >= 0.6 is 0 Å². The summed E-state index contributed by atoms with van der Waals surface area (Å²) in [6.45, 7) is 3.28. The third-order valence-electron chi connectivity index (χ3n) is 5.04. The molecule has 164 valence electrons. The van der Waals surface area contributed by atoms with Gasteiger partial charge in [-0.15, -0.1) is 0 Å². The zero-order valence-corrected chi connectivity index (χ0v) is 17.9. The van der Waals surface area contributed by atoms with Gasteiger partial charge in [0.05, 0.1) is 16.8 Å². The van der Waals surface area contributed by atoms with Crippen molar-refractivity contribution in [1.82, 2.24) is 0 Å². The summed E-state index contributed by atoms with van der Waals surface area (Å²) in [6.07, 6.45) is 2.16. The largest absolute Gasteiger partial charge is 0.423 e. The molecule has 1 aliphatic heterocycles. The highest BCUT2D eigenvalue weighted by Crippen LogP contribution is 2.35. The molecule has 1 heterocycles. The summed E-state index contributed by atoms with van der Waals surface area (Å²) in [5.41, 5.74) is 0.568. The molecule has 0 fully saturated rings. The SMILES string of the molecule is Cc1cc(C)c(C(=O)Oc2ccccc2)c(N2C(=O)C=CC2=O)c1C(=O)Oc1ccccc1. The number of imide groups is 1. The minimum absolute atomic E-state index is 0.0742. The van der Waals surface area contributed by atoms with Gasteiger partial charge in [0, 0.05) is 12.2 Å². The first kappa shape index (κ1) is 21.7. The van der Waals surface area contributed by atoms with Gasteiger partial charge in [0.2, 0.25) is 0 Å². The van der Waals surface area contributed by atoms with E-state index in [2.05, 4.69) is 0 Å². The van der Waals surface area contributed by atoms with Crippen LogP contribution in [0.15, 0.2) is 78.9 Å². The van der Waals surface area contributed by atoms with Gasteiger partial charge in [-0.05, 0) is 49.2 Å². The number of esters is 2. The van der Waals surface area contributed by atoms with E-state index in [4.69, 9.17) is 9.47 Å². The first-order chi connectivity index (χ1) is 15.9. The number of aryl methyl sites for hydroxylation is 2. The van der Waals surface area contributed by atoms with E-state index in [0.717, 1.165) is 17.1 Å². The van der Waals surface area contributed by atoms with Crippen molar-refractivity contribution in [1.29, 1.82) is 0 Å². The number of anilines is 1. The van der Waals surface area contributed by atoms with Crippen molar-refractivity contribution in [3.05, 3.63) is 101 Å². The standard InChI is InChI=1S/C26H19NO6/c1-16-15-17(2)23(26(31)33-19-11-7-4-8-12-19)24(27-20(28)13-14-21(27)29)22(16)25(30)32-18-9-5-3-6-10-18/h3-15H,1-2H3. The van der Waals surface area contributed by atoms with E-state index in [1.54, 1.807) is 80.6 Å². The number of amides is 2. The molecule has 0 saturated heterocycles. The lowest BCUT2D eigenvalue weighted by Gasteiger charge is -2.23. The number of ether oxygens (including phenoxy) is 2. The molecule has 0 spiro atoms. The average molecular weight is 441 g/mol. The fraction of sp³-hybridized carbons (Fsp3) is 0.0769. The van der Waals surface area contributed by atoms with Crippen molar-refractivity contribution < 1.29 is 28.7 Å². The molecule has 0 saturated carbocycles. The highest BCUT2D eigenvalue weighted by Gasteiger charge is 2.36. The average Bonchev–Trinajstić information content (AvgIpc) is 3.12. The lowest BCUT2D eigenvalue weighted by Crippen LogP contribution is -2.34. The van der Waals surface area contributed by atoms with E-state index in [9.17, 15) is 19.2 Å². The molecule has 0 bridgehead atoms. The predicted octanol–water partition coefficient (Wildman–Crippen LogP) is 4.17. The van der Waals surface area contributed by atoms with Crippen molar-refractivity contribution in [2.45, 2.75) is 13.8 Å².